The summed E-state index contributed by atoms with van der Waals surface area (Å²) >= 11 is 0. The molecule has 1 aromatic rings. The van der Waals surface area contributed by atoms with Crippen LogP contribution in [0.2, 0.25) is 0 Å². The summed E-state index contributed by atoms with van der Waals surface area (Å²) in [5, 5.41) is 0. The number of nitrogens with zero attached hydrogens (tertiary/aromatic N) is 1. The molecule has 0 bridgehead atoms. The number of ether oxygens (including phenoxy) is 1. The van der Waals surface area contributed by atoms with Gasteiger partial charge < -0.3 is 9.64 Å². The maximum Gasteiger partial charge on any atom is 0.264 e. The van der Waals surface area contributed by atoms with E-state index in [2.05, 4.69) is 13.8 Å². The predicted molar refractivity (Wildman–Crippen MR) is 82.2 cm³/mol. The molecule has 4 heteroatoms. The lowest BCUT2D eigenvalue weighted by molar-refractivity contribution is 0.150. The lowest BCUT2D eigenvalue weighted by atomic mass is 10.1. The van der Waals surface area contributed by atoms with Gasteiger partial charge in [0.05, 0.1) is 12.2 Å². The number of alkyl halides is 2. The summed E-state index contributed by atoms with van der Waals surface area (Å²) in [7, 11) is 1.88. The minimum atomic E-state index is -2.43. The Kier molecular flexibility index (Phi) is 8.93. The van der Waals surface area contributed by atoms with E-state index in [0.717, 1.165) is 12.2 Å². The molecule has 0 aliphatic carbocycles. The summed E-state index contributed by atoms with van der Waals surface area (Å²) in [6.45, 7) is 11.3. The van der Waals surface area contributed by atoms with Gasteiger partial charge in [-0.2, -0.15) is 0 Å². The van der Waals surface area contributed by atoms with E-state index in [1.54, 1.807) is 13.0 Å². The van der Waals surface area contributed by atoms with Crippen LogP contribution < -0.4 is 9.64 Å². The van der Waals surface area contributed by atoms with Crippen molar-refractivity contribution < 1.29 is 13.5 Å². The highest BCUT2D eigenvalue weighted by Gasteiger charge is 2.20. The van der Waals surface area contributed by atoms with Crippen LogP contribution in [0.15, 0.2) is 12.1 Å². The van der Waals surface area contributed by atoms with E-state index < -0.39 is 6.43 Å². The zero-order valence-corrected chi connectivity index (χ0v) is 13.5. The lowest BCUT2D eigenvalue weighted by Crippen LogP contribution is -2.29. The van der Waals surface area contributed by atoms with Gasteiger partial charge in [0, 0.05) is 12.6 Å². The van der Waals surface area contributed by atoms with E-state index >= 15 is 0 Å². The highest BCUT2D eigenvalue weighted by atomic mass is 19.3. The molecule has 0 N–H and O–H groups in total. The van der Waals surface area contributed by atoms with Gasteiger partial charge in [0.25, 0.3) is 6.43 Å². The zero-order valence-electron chi connectivity index (χ0n) is 13.5. The fraction of sp³-hybridized carbons (Fsp3) is 0.625. The number of hydrogen-bond donors (Lipinski definition) is 0. The molecule has 0 unspecified atom stereocenters. The van der Waals surface area contributed by atoms with Crippen LogP contribution in [0.4, 0.5) is 14.5 Å². The zero-order chi connectivity index (χ0) is 15.7. The van der Waals surface area contributed by atoms with Gasteiger partial charge in [-0.25, -0.2) is 8.78 Å². The Balaban J connectivity index is 0.000000641. The normalized spacial score (nSPS) is 12.6. The minimum absolute atomic E-state index is 0.0890. The molecule has 0 radical (unpaired) electrons. The molecule has 0 amide bonds. The van der Waals surface area contributed by atoms with Crippen molar-refractivity contribution >= 4 is 5.69 Å². The minimum Gasteiger partial charge on any atom is -0.490 e. The lowest BCUT2D eigenvalue weighted by Gasteiger charge is -2.28. The van der Waals surface area contributed by atoms with E-state index in [0.29, 0.717) is 17.9 Å². The molecule has 0 saturated carbocycles. The van der Waals surface area contributed by atoms with E-state index in [1.807, 2.05) is 25.8 Å². The summed E-state index contributed by atoms with van der Waals surface area (Å²) in [5.41, 5.74) is 1.42. The van der Waals surface area contributed by atoms with Crippen LogP contribution in [0.1, 0.15) is 51.7 Å². The highest BCUT2D eigenvalue weighted by Crippen LogP contribution is 2.36. The molecule has 2 rings (SSSR count). The number of rotatable bonds is 1. The van der Waals surface area contributed by atoms with Gasteiger partial charge in [0.15, 0.2) is 0 Å². The van der Waals surface area contributed by atoms with Gasteiger partial charge in [-0.05, 0) is 24.6 Å². The van der Waals surface area contributed by atoms with Gasteiger partial charge in [0.2, 0.25) is 0 Å². The molecule has 1 aromatic carbocycles. The van der Waals surface area contributed by atoms with E-state index in [1.165, 1.54) is 12.5 Å². The molecule has 0 saturated heterocycles. The number of anilines is 1. The van der Waals surface area contributed by atoms with Crippen LogP contribution >= 0.6 is 0 Å². The summed E-state index contributed by atoms with van der Waals surface area (Å²) in [6.07, 6.45) is -1.18. The maximum atomic E-state index is 12.7. The first-order chi connectivity index (χ1) is 9.51. The van der Waals surface area contributed by atoms with Crippen molar-refractivity contribution in [3.8, 4) is 5.75 Å². The number of aryl methyl sites for hydroxylation is 1. The quantitative estimate of drug-likeness (QED) is 0.703. The van der Waals surface area contributed by atoms with Crippen molar-refractivity contribution in [3.05, 3.63) is 23.3 Å². The molecular formula is C16H27F2NO. The molecule has 2 nitrogen and oxygen atoms in total. The topological polar surface area (TPSA) is 12.5 Å². The van der Waals surface area contributed by atoms with Gasteiger partial charge in [0.1, 0.15) is 12.4 Å². The Bertz CT molecular complexity index is 394. The smallest absolute Gasteiger partial charge is 0.264 e. The van der Waals surface area contributed by atoms with Gasteiger partial charge in [-0.3, -0.25) is 0 Å². The summed E-state index contributed by atoms with van der Waals surface area (Å²) in [5.74, 6) is 0.700. The second-order valence-electron chi connectivity index (χ2n) is 4.45. The van der Waals surface area contributed by atoms with Gasteiger partial charge >= 0.3 is 0 Å². The van der Waals surface area contributed by atoms with Crippen LogP contribution in [-0.4, -0.2) is 20.2 Å². The Hall–Kier alpha value is -1.32. The van der Waals surface area contributed by atoms with Crippen LogP contribution in [-0.2, 0) is 0 Å². The largest absolute Gasteiger partial charge is 0.490 e. The van der Waals surface area contributed by atoms with Gasteiger partial charge in [-0.1, -0.05) is 34.1 Å². The molecule has 1 heterocycles. The van der Waals surface area contributed by atoms with Crippen molar-refractivity contribution in [2.24, 2.45) is 0 Å². The molecule has 0 atom stereocenters. The summed E-state index contributed by atoms with van der Waals surface area (Å²) in [6, 6.07) is 3.21. The molecule has 1 aliphatic rings. The molecule has 1 aliphatic heterocycles. The number of benzene rings is 1. The Morgan fingerprint density at radius 1 is 1.25 bits per heavy atom. The standard InChI is InChI=1S/C11H13F2NO.C3H8.C2H6/c1-7-5-10-9(6-8(7)11(12)13)14(2)3-4-15-10;1-3-2;1-2/h5-6,11H,3-4H2,1-2H3;3H2,1-2H3;1-2H3. The Morgan fingerprint density at radius 2 is 1.80 bits per heavy atom. The summed E-state index contributed by atoms with van der Waals surface area (Å²) < 4.78 is 30.8. The molecule has 116 valence electrons. The third kappa shape index (κ3) is 4.99. The van der Waals surface area contributed by atoms with E-state index in [-0.39, 0.29) is 5.56 Å². The van der Waals surface area contributed by atoms with Crippen LogP contribution in [0.3, 0.4) is 0 Å². The fourth-order valence-corrected chi connectivity index (χ4v) is 1.75. The molecule has 0 aromatic heterocycles. The first-order valence-electron chi connectivity index (χ1n) is 7.27. The molecule has 0 spiro atoms. The second kappa shape index (κ2) is 9.56. The monoisotopic (exact) mass is 287 g/mol. The van der Waals surface area contributed by atoms with Crippen molar-refractivity contribution in [1.82, 2.24) is 0 Å². The third-order valence-electron chi connectivity index (χ3n) is 2.68. The number of likely N-dealkylation sites (N-methyl/N-ethyl adjacent to an activating group) is 1. The third-order valence-corrected chi connectivity index (χ3v) is 2.68. The van der Waals surface area contributed by atoms with Crippen molar-refractivity contribution in [2.75, 3.05) is 25.1 Å². The van der Waals surface area contributed by atoms with Gasteiger partial charge in [-0.15, -0.1) is 0 Å². The average Bonchev–Trinajstić information content (AvgIpc) is 2.41. The first-order valence-corrected chi connectivity index (χ1v) is 7.27. The highest BCUT2D eigenvalue weighted by molar-refractivity contribution is 5.62. The number of fused-ring (bicyclic) bond motifs is 1. The van der Waals surface area contributed by atoms with Crippen molar-refractivity contribution in [2.45, 2.75) is 47.5 Å². The van der Waals surface area contributed by atoms with Crippen LogP contribution in [0.5, 0.6) is 5.75 Å². The predicted octanol–water partition coefficient (Wildman–Crippen LogP) is 5.20. The molecular weight excluding hydrogens is 260 g/mol. The van der Waals surface area contributed by atoms with Crippen LogP contribution in [0, 0.1) is 6.92 Å². The SMILES string of the molecule is CC.CCC.Cc1cc2c(cc1C(F)F)N(C)CCO2. The first kappa shape index (κ1) is 18.7. The molecule has 20 heavy (non-hydrogen) atoms. The van der Waals surface area contributed by atoms with Crippen LogP contribution in [0.25, 0.3) is 0 Å². The van der Waals surface area contributed by atoms with Crippen molar-refractivity contribution in [1.29, 1.82) is 0 Å². The number of hydrogen-bond acceptors (Lipinski definition) is 2. The van der Waals surface area contributed by atoms with E-state index in [9.17, 15) is 8.78 Å². The second-order valence-corrected chi connectivity index (χ2v) is 4.45. The number of halogens is 2. The molecule has 0 fully saturated rings. The van der Waals surface area contributed by atoms with E-state index in [4.69, 9.17) is 4.74 Å². The fourth-order valence-electron chi connectivity index (χ4n) is 1.75. The van der Waals surface area contributed by atoms with Crippen molar-refractivity contribution in [3.63, 3.8) is 0 Å². The summed E-state index contributed by atoms with van der Waals surface area (Å²) in [4.78, 5) is 1.93. The Morgan fingerprint density at radius 3 is 2.30 bits per heavy atom. The maximum absolute atomic E-state index is 12.7. The average molecular weight is 287 g/mol. The Labute approximate surface area is 121 Å².